The SMILES string of the molecule is CNC(c1cccc(Br)c1F)c1ccnn1C. The van der Waals surface area contributed by atoms with Crippen LogP contribution in [0.1, 0.15) is 17.3 Å². The highest BCUT2D eigenvalue weighted by atomic mass is 79.9. The van der Waals surface area contributed by atoms with Crippen molar-refractivity contribution in [2.45, 2.75) is 6.04 Å². The minimum absolute atomic E-state index is 0.208. The Bertz CT molecular complexity index is 524. The van der Waals surface area contributed by atoms with Gasteiger partial charge in [0, 0.05) is 18.8 Å². The number of rotatable bonds is 3. The molecule has 0 bridgehead atoms. The van der Waals surface area contributed by atoms with E-state index in [0.29, 0.717) is 10.0 Å². The average Bonchev–Trinajstić information content (AvgIpc) is 2.72. The summed E-state index contributed by atoms with van der Waals surface area (Å²) >= 11 is 3.20. The molecule has 0 aliphatic rings. The Morgan fingerprint density at radius 2 is 2.18 bits per heavy atom. The first kappa shape index (κ1) is 12.3. The van der Waals surface area contributed by atoms with E-state index < -0.39 is 0 Å². The lowest BCUT2D eigenvalue weighted by Gasteiger charge is -2.18. The number of aryl methyl sites for hydroxylation is 1. The number of hydrogen-bond acceptors (Lipinski definition) is 2. The van der Waals surface area contributed by atoms with Crippen molar-refractivity contribution >= 4 is 15.9 Å². The maximum Gasteiger partial charge on any atom is 0.142 e. The highest BCUT2D eigenvalue weighted by Crippen LogP contribution is 2.27. The molecule has 0 saturated heterocycles. The Morgan fingerprint density at radius 3 is 2.76 bits per heavy atom. The summed E-state index contributed by atoms with van der Waals surface area (Å²) in [7, 11) is 3.65. The van der Waals surface area contributed by atoms with Gasteiger partial charge in [-0.1, -0.05) is 12.1 Å². The molecule has 2 rings (SSSR count). The van der Waals surface area contributed by atoms with E-state index in [4.69, 9.17) is 0 Å². The Kier molecular flexibility index (Phi) is 3.59. The van der Waals surface area contributed by atoms with Crippen LogP contribution in [0.25, 0.3) is 0 Å². The number of benzene rings is 1. The fourth-order valence-electron chi connectivity index (χ4n) is 1.87. The first-order valence-corrected chi connectivity index (χ1v) is 6.03. The first-order valence-electron chi connectivity index (χ1n) is 5.24. The van der Waals surface area contributed by atoms with Crippen molar-refractivity contribution in [1.82, 2.24) is 15.1 Å². The van der Waals surface area contributed by atoms with Crippen molar-refractivity contribution in [3.63, 3.8) is 0 Å². The number of nitrogens with one attached hydrogen (secondary N) is 1. The normalized spacial score (nSPS) is 12.7. The van der Waals surface area contributed by atoms with Gasteiger partial charge in [-0.3, -0.25) is 4.68 Å². The fourth-order valence-corrected chi connectivity index (χ4v) is 2.25. The predicted molar refractivity (Wildman–Crippen MR) is 68.2 cm³/mol. The van der Waals surface area contributed by atoms with Crippen molar-refractivity contribution < 1.29 is 4.39 Å². The first-order chi connectivity index (χ1) is 8.15. The standard InChI is InChI=1S/C12H13BrFN3/c1-15-12(10-6-7-16-17(10)2)8-4-3-5-9(13)11(8)14/h3-7,12,15H,1-2H3. The molecular formula is C12H13BrFN3. The van der Waals surface area contributed by atoms with Crippen molar-refractivity contribution in [2.24, 2.45) is 7.05 Å². The van der Waals surface area contributed by atoms with Crippen LogP contribution in [0.4, 0.5) is 4.39 Å². The molecule has 3 nitrogen and oxygen atoms in total. The maximum atomic E-state index is 14.0. The van der Waals surface area contributed by atoms with Crippen LogP contribution in [-0.2, 0) is 7.05 Å². The monoisotopic (exact) mass is 297 g/mol. The fraction of sp³-hybridized carbons (Fsp3) is 0.250. The Balaban J connectivity index is 2.50. The van der Waals surface area contributed by atoms with Crippen molar-refractivity contribution in [1.29, 1.82) is 0 Å². The van der Waals surface area contributed by atoms with Gasteiger partial charge >= 0.3 is 0 Å². The summed E-state index contributed by atoms with van der Waals surface area (Å²) in [4.78, 5) is 0. The average molecular weight is 298 g/mol. The van der Waals surface area contributed by atoms with Gasteiger partial charge in [-0.25, -0.2) is 4.39 Å². The highest BCUT2D eigenvalue weighted by molar-refractivity contribution is 9.10. The molecule has 0 saturated carbocycles. The third-order valence-corrected chi connectivity index (χ3v) is 3.35. The lowest BCUT2D eigenvalue weighted by Crippen LogP contribution is -2.21. The molecule has 17 heavy (non-hydrogen) atoms. The molecule has 5 heteroatoms. The molecule has 1 aromatic heterocycles. The van der Waals surface area contributed by atoms with E-state index in [1.807, 2.05) is 19.2 Å². The third-order valence-electron chi connectivity index (χ3n) is 2.74. The predicted octanol–water partition coefficient (Wildman–Crippen LogP) is 2.63. The Labute approximate surface area is 108 Å². The number of hydrogen-bond donors (Lipinski definition) is 1. The van der Waals surface area contributed by atoms with E-state index >= 15 is 0 Å². The van der Waals surface area contributed by atoms with E-state index in [2.05, 4.69) is 26.3 Å². The van der Waals surface area contributed by atoms with Crippen molar-refractivity contribution in [3.8, 4) is 0 Å². The smallest absolute Gasteiger partial charge is 0.142 e. The summed E-state index contributed by atoms with van der Waals surface area (Å²) < 4.78 is 16.3. The quantitative estimate of drug-likeness (QED) is 0.944. The molecule has 90 valence electrons. The molecule has 0 amide bonds. The number of halogens is 2. The molecule has 0 radical (unpaired) electrons. The second-order valence-corrected chi connectivity index (χ2v) is 4.60. The zero-order valence-electron chi connectivity index (χ0n) is 9.61. The summed E-state index contributed by atoms with van der Waals surface area (Å²) in [6, 6.07) is 6.95. The second-order valence-electron chi connectivity index (χ2n) is 3.74. The summed E-state index contributed by atoms with van der Waals surface area (Å²) in [6.45, 7) is 0. The molecule has 2 aromatic rings. The van der Waals surface area contributed by atoms with Gasteiger partial charge in [0.25, 0.3) is 0 Å². The van der Waals surface area contributed by atoms with Crippen LogP contribution in [0.2, 0.25) is 0 Å². The molecule has 1 unspecified atom stereocenters. The topological polar surface area (TPSA) is 29.9 Å². The van der Waals surface area contributed by atoms with E-state index in [1.165, 1.54) is 0 Å². The van der Waals surface area contributed by atoms with Gasteiger partial charge in [0.1, 0.15) is 5.82 Å². The van der Waals surface area contributed by atoms with E-state index in [-0.39, 0.29) is 11.9 Å². The van der Waals surface area contributed by atoms with Crippen LogP contribution in [0, 0.1) is 5.82 Å². The van der Waals surface area contributed by atoms with Crippen LogP contribution in [0.5, 0.6) is 0 Å². The van der Waals surface area contributed by atoms with Crippen LogP contribution < -0.4 is 5.32 Å². The van der Waals surface area contributed by atoms with Crippen molar-refractivity contribution in [3.05, 3.63) is 52.0 Å². The van der Waals surface area contributed by atoms with Gasteiger partial charge < -0.3 is 5.32 Å². The van der Waals surface area contributed by atoms with Crippen LogP contribution in [0.15, 0.2) is 34.9 Å². The number of aromatic nitrogens is 2. The molecular weight excluding hydrogens is 285 g/mol. The van der Waals surface area contributed by atoms with Crippen molar-refractivity contribution in [2.75, 3.05) is 7.05 Å². The number of nitrogens with zero attached hydrogens (tertiary/aromatic N) is 2. The van der Waals surface area contributed by atoms with E-state index in [9.17, 15) is 4.39 Å². The summed E-state index contributed by atoms with van der Waals surface area (Å²) in [5, 5.41) is 7.21. The van der Waals surface area contributed by atoms with Gasteiger partial charge in [0.2, 0.25) is 0 Å². The Hall–Kier alpha value is -1.20. The van der Waals surface area contributed by atoms with Gasteiger partial charge in [0.05, 0.1) is 16.2 Å². The summed E-state index contributed by atoms with van der Waals surface area (Å²) in [6.07, 6.45) is 1.70. The van der Waals surface area contributed by atoms with Gasteiger partial charge in [-0.05, 0) is 35.1 Å². The van der Waals surface area contributed by atoms with Gasteiger partial charge in [-0.15, -0.1) is 0 Å². The molecule has 1 atom stereocenters. The van der Waals surface area contributed by atoms with Crippen LogP contribution in [-0.4, -0.2) is 16.8 Å². The molecule has 1 N–H and O–H groups in total. The lowest BCUT2D eigenvalue weighted by atomic mass is 10.0. The molecule has 0 aliphatic heterocycles. The second kappa shape index (κ2) is 4.98. The molecule has 1 heterocycles. The minimum Gasteiger partial charge on any atom is -0.308 e. The molecule has 0 fully saturated rings. The summed E-state index contributed by atoms with van der Waals surface area (Å²) in [5.41, 5.74) is 1.52. The van der Waals surface area contributed by atoms with E-state index in [0.717, 1.165) is 5.69 Å². The minimum atomic E-state index is -0.243. The zero-order valence-corrected chi connectivity index (χ0v) is 11.2. The maximum absolute atomic E-state index is 14.0. The molecule has 0 spiro atoms. The summed E-state index contributed by atoms with van der Waals surface area (Å²) in [5.74, 6) is -0.243. The molecule has 0 aliphatic carbocycles. The van der Waals surface area contributed by atoms with Gasteiger partial charge in [0.15, 0.2) is 0 Å². The van der Waals surface area contributed by atoms with Crippen LogP contribution >= 0.6 is 15.9 Å². The van der Waals surface area contributed by atoms with E-state index in [1.54, 1.807) is 30.1 Å². The van der Waals surface area contributed by atoms with Crippen LogP contribution in [0.3, 0.4) is 0 Å². The highest BCUT2D eigenvalue weighted by Gasteiger charge is 2.19. The molecule has 1 aromatic carbocycles. The lowest BCUT2D eigenvalue weighted by molar-refractivity contribution is 0.548. The Morgan fingerprint density at radius 1 is 1.41 bits per heavy atom. The van der Waals surface area contributed by atoms with Gasteiger partial charge in [-0.2, -0.15) is 5.10 Å². The zero-order chi connectivity index (χ0) is 12.4. The third kappa shape index (κ3) is 2.25. The largest absolute Gasteiger partial charge is 0.308 e.